The highest BCUT2D eigenvalue weighted by atomic mass is 16.3. The standard InChI is InChI=1S/C46H31NO/c1-3-12-32(13-4-1)35-17-11-18-39(29-35)47(40-26-27-46-44(31-40)42-20-9-10-21-45(42)48-46)38-24-22-33(23-25-38)37-28-36-16-7-8-19-41(36)43(30-37)34-14-5-2-6-15-34/h1-31H/i2D,5D,6D,7D,8D,14D,15D,16D,22D,23D,24D,25D,28D,30D. The first-order chi connectivity index (χ1) is 29.6. The van der Waals surface area contributed by atoms with E-state index in [9.17, 15) is 8.22 Å². The van der Waals surface area contributed by atoms with Crippen molar-refractivity contribution in [3.63, 3.8) is 0 Å². The van der Waals surface area contributed by atoms with E-state index in [0.29, 0.717) is 22.5 Å². The van der Waals surface area contributed by atoms with Crippen molar-refractivity contribution < 1.29 is 23.6 Å². The fraction of sp³-hybridized carbons (Fsp3) is 0. The molecular formula is C46H31NO. The Morgan fingerprint density at radius 2 is 1.17 bits per heavy atom. The lowest BCUT2D eigenvalue weighted by Crippen LogP contribution is -2.10. The van der Waals surface area contributed by atoms with Gasteiger partial charge in [-0.25, -0.2) is 0 Å². The van der Waals surface area contributed by atoms with Gasteiger partial charge in [-0.05, 0) is 105 Å². The minimum atomic E-state index is -0.731. The molecule has 2 heteroatoms. The van der Waals surface area contributed by atoms with Crippen LogP contribution in [0.2, 0.25) is 0 Å². The van der Waals surface area contributed by atoms with Gasteiger partial charge in [-0.15, -0.1) is 0 Å². The van der Waals surface area contributed by atoms with E-state index in [2.05, 4.69) is 0 Å². The van der Waals surface area contributed by atoms with Gasteiger partial charge >= 0.3 is 0 Å². The van der Waals surface area contributed by atoms with E-state index in [-0.39, 0.29) is 22.0 Å². The van der Waals surface area contributed by atoms with E-state index in [1.54, 1.807) is 23.1 Å². The van der Waals surface area contributed by atoms with Gasteiger partial charge in [0, 0.05) is 27.8 Å². The summed E-state index contributed by atoms with van der Waals surface area (Å²) in [7, 11) is 0. The predicted molar refractivity (Wildman–Crippen MR) is 202 cm³/mol. The molecule has 0 bridgehead atoms. The zero-order chi connectivity index (χ0) is 44.0. The first-order valence-electron chi connectivity index (χ1n) is 22.2. The van der Waals surface area contributed by atoms with Crippen molar-refractivity contribution in [2.45, 2.75) is 0 Å². The molecule has 0 amide bonds. The Balaban J connectivity index is 1.36. The van der Waals surface area contributed by atoms with E-state index < -0.39 is 101 Å². The van der Waals surface area contributed by atoms with E-state index >= 15 is 0 Å². The second-order valence-electron chi connectivity index (χ2n) is 11.1. The summed E-state index contributed by atoms with van der Waals surface area (Å²) < 4.78 is 132. The Kier molecular flexibility index (Phi) is 4.16. The maximum atomic E-state index is 9.61. The van der Waals surface area contributed by atoms with Crippen LogP contribution < -0.4 is 4.90 Å². The van der Waals surface area contributed by atoms with Gasteiger partial charge in [0.25, 0.3) is 0 Å². The van der Waals surface area contributed by atoms with Crippen LogP contribution in [0.1, 0.15) is 19.2 Å². The molecule has 0 spiro atoms. The second-order valence-corrected chi connectivity index (χ2v) is 11.1. The van der Waals surface area contributed by atoms with Crippen LogP contribution in [0.3, 0.4) is 0 Å². The number of benzene rings is 8. The normalized spacial score (nSPS) is 15.4. The summed E-state index contributed by atoms with van der Waals surface area (Å²) in [6, 6.07) is 21.8. The molecule has 1 aromatic heterocycles. The summed E-state index contributed by atoms with van der Waals surface area (Å²) in [6.45, 7) is 0. The lowest BCUT2D eigenvalue weighted by atomic mass is 9.93. The van der Waals surface area contributed by atoms with Crippen LogP contribution in [0.15, 0.2) is 192 Å². The smallest absolute Gasteiger partial charge is 0.135 e. The van der Waals surface area contributed by atoms with Gasteiger partial charge in [0.15, 0.2) is 0 Å². The quantitative estimate of drug-likeness (QED) is 0.182. The van der Waals surface area contributed by atoms with Crippen molar-refractivity contribution in [1.29, 1.82) is 0 Å². The van der Waals surface area contributed by atoms with Crippen molar-refractivity contribution in [2.75, 3.05) is 4.90 Å². The van der Waals surface area contributed by atoms with E-state index in [0.717, 1.165) is 28.0 Å². The highest BCUT2D eigenvalue weighted by molar-refractivity contribution is 6.06. The van der Waals surface area contributed by atoms with Crippen LogP contribution in [0, 0.1) is 0 Å². The number of fused-ring (bicyclic) bond motifs is 4. The van der Waals surface area contributed by atoms with Crippen molar-refractivity contribution in [2.24, 2.45) is 0 Å². The minimum absolute atomic E-state index is 0.167. The van der Waals surface area contributed by atoms with Gasteiger partial charge in [0.2, 0.25) is 0 Å². The molecule has 48 heavy (non-hydrogen) atoms. The molecule has 0 aliphatic carbocycles. The molecular weight excluding hydrogens is 583 g/mol. The Morgan fingerprint density at radius 3 is 2.04 bits per heavy atom. The van der Waals surface area contributed by atoms with Gasteiger partial charge in [-0.1, -0.05) is 127 Å². The van der Waals surface area contributed by atoms with Crippen LogP contribution in [-0.4, -0.2) is 0 Å². The summed E-state index contributed by atoms with van der Waals surface area (Å²) in [6.07, 6.45) is 0. The van der Waals surface area contributed by atoms with Gasteiger partial charge in [-0.2, -0.15) is 0 Å². The van der Waals surface area contributed by atoms with E-state index in [1.807, 2.05) is 78.9 Å². The number of furan rings is 1. The van der Waals surface area contributed by atoms with Crippen molar-refractivity contribution >= 4 is 49.8 Å². The third-order valence-electron chi connectivity index (χ3n) is 8.18. The maximum absolute atomic E-state index is 9.61. The van der Waals surface area contributed by atoms with Crippen molar-refractivity contribution in [3.05, 3.63) is 188 Å². The second kappa shape index (κ2) is 11.8. The van der Waals surface area contributed by atoms with Crippen LogP contribution in [0.25, 0.3) is 66.1 Å². The average molecular weight is 628 g/mol. The third kappa shape index (κ3) is 5.01. The molecule has 0 fully saturated rings. The SMILES string of the molecule is [2H]c1cc2c(-c3c([2H])c([2H])c([2H])c([2H])c3[2H])c([2H])c(-c3c([2H])c([2H])c(N(c4cccc(-c5ccccc5)c4)c4ccc5oc6ccccc6c5c4)c([2H])c3[2H])c([2H])c2c([2H])c1[2H]. The monoisotopic (exact) mass is 627 g/mol. The summed E-state index contributed by atoms with van der Waals surface area (Å²) in [5.41, 5.74) is 1.81. The molecule has 0 unspecified atom stereocenters. The zero-order valence-electron chi connectivity index (χ0n) is 39.2. The van der Waals surface area contributed by atoms with E-state index in [1.165, 1.54) is 0 Å². The molecule has 0 aliphatic heterocycles. The van der Waals surface area contributed by atoms with Gasteiger partial charge < -0.3 is 9.32 Å². The van der Waals surface area contributed by atoms with Crippen molar-refractivity contribution in [3.8, 4) is 33.4 Å². The molecule has 2 nitrogen and oxygen atoms in total. The van der Waals surface area contributed by atoms with Crippen molar-refractivity contribution in [1.82, 2.24) is 0 Å². The summed E-state index contributed by atoms with van der Waals surface area (Å²) in [5, 5.41) is 1.03. The molecule has 9 rings (SSSR count). The average Bonchev–Trinajstić information content (AvgIpc) is 3.65. The highest BCUT2D eigenvalue weighted by Crippen LogP contribution is 2.41. The Labute approximate surface area is 299 Å². The molecule has 226 valence electrons. The van der Waals surface area contributed by atoms with Crippen LogP contribution in [0.5, 0.6) is 0 Å². The van der Waals surface area contributed by atoms with Gasteiger partial charge in [-0.3, -0.25) is 0 Å². The molecule has 8 aromatic carbocycles. The first-order valence-corrected chi connectivity index (χ1v) is 15.2. The molecule has 0 aliphatic rings. The largest absolute Gasteiger partial charge is 0.456 e. The summed E-state index contributed by atoms with van der Waals surface area (Å²) in [5.74, 6) is 0. The molecule has 0 saturated carbocycles. The molecule has 0 atom stereocenters. The number of para-hydroxylation sites is 1. The molecule has 0 saturated heterocycles. The minimum Gasteiger partial charge on any atom is -0.456 e. The number of anilines is 3. The van der Waals surface area contributed by atoms with Crippen LogP contribution in [0.4, 0.5) is 17.1 Å². The number of nitrogens with zero attached hydrogens (tertiary/aromatic N) is 1. The topological polar surface area (TPSA) is 16.4 Å². The summed E-state index contributed by atoms with van der Waals surface area (Å²) in [4.78, 5) is 1.60. The van der Waals surface area contributed by atoms with Crippen LogP contribution in [-0.2, 0) is 0 Å². The predicted octanol–water partition coefficient (Wildman–Crippen LogP) is 13.2. The first kappa shape index (κ1) is 17.0. The zero-order valence-corrected chi connectivity index (χ0v) is 25.2. The highest BCUT2D eigenvalue weighted by Gasteiger charge is 2.17. The lowest BCUT2D eigenvalue weighted by Gasteiger charge is -2.26. The Morgan fingerprint density at radius 1 is 0.417 bits per heavy atom. The number of rotatable bonds is 6. The fourth-order valence-corrected chi connectivity index (χ4v) is 5.95. The maximum Gasteiger partial charge on any atom is 0.135 e. The van der Waals surface area contributed by atoms with Crippen LogP contribution >= 0.6 is 0 Å². The third-order valence-corrected chi connectivity index (χ3v) is 8.18. The Bertz CT molecular complexity index is 3310. The fourth-order valence-electron chi connectivity index (χ4n) is 5.95. The molecule has 0 radical (unpaired) electrons. The molecule has 1 heterocycles. The summed E-state index contributed by atoms with van der Waals surface area (Å²) >= 11 is 0. The molecule has 9 aromatic rings. The number of hydrogen-bond donors (Lipinski definition) is 0. The number of hydrogen-bond acceptors (Lipinski definition) is 2. The Hall–Kier alpha value is -6.38. The van der Waals surface area contributed by atoms with Gasteiger partial charge in [0.1, 0.15) is 11.2 Å². The molecule has 0 N–H and O–H groups in total. The van der Waals surface area contributed by atoms with Gasteiger partial charge in [0.05, 0.1) is 19.2 Å². The lowest BCUT2D eigenvalue weighted by molar-refractivity contribution is 0.669. The van der Waals surface area contributed by atoms with E-state index in [4.69, 9.17) is 15.4 Å².